The van der Waals surface area contributed by atoms with Crippen LogP contribution in [0.25, 0.3) is 0 Å². The maximum absolute atomic E-state index is 14.0. The molecule has 0 bridgehead atoms. The molecule has 0 saturated carbocycles. The molecular formula is C60H84N2O7. The molecule has 1 N–H and O–H groups in total. The molecule has 0 aliphatic carbocycles. The summed E-state index contributed by atoms with van der Waals surface area (Å²) in [6, 6.07) is 30.2. The molecule has 1 amide bonds. The highest BCUT2D eigenvalue weighted by atomic mass is 16.5. The van der Waals surface area contributed by atoms with Gasteiger partial charge in [0.25, 0.3) is 5.91 Å². The number of carbonyl (C=O) groups excluding carboxylic acids is 2. The van der Waals surface area contributed by atoms with Crippen molar-refractivity contribution in [3.8, 4) is 23.0 Å². The Morgan fingerprint density at radius 2 is 1.20 bits per heavy atom. The molecule has 0 heterocycles. The third-order valence-corrected chi connectivity index (χ3v) is 12.0. The van der Waals surface area contributed by atoms with Crippen LogP contribution in [-0.4, -0.2) is 51.7 Å². The van der Waals surface area contributed by atoms with Gasteiger partial charge in [-0.15, -0.1) is 0 Å². The van der Waals surface area contributed by atoms with Crippen LogP contribution >= 0.6 is 0 Å². The van der Waals surface area contributed by atoms with Gasteiger partial charge in [0.2, 0.25) is 0 Å². The molecule has 5 rings (SSSR count). The normalized spacial score (nSPS) is 11.1. The Morgan fingerprint density at radius 1 is 0.652 bits per heavy atom. The molecule has 9 nitrogen and oxygen atoms in total. The van der Waals surface area contributed by atoms with Crippen LogP contribution in [0.5, 0.6) is 23.0 Å². The molecule has 69 heavy (non-hydrogen) atoms. The Labute approximate surface area is 416 Å². The summed E-state index contributed by atoms with van der Waals surface area (Å²) in [4.78, 5) is 28.1. The van der Waals surface area contributed by atoms with Gasteiger partial charge in [-0.3, -0.25) is 9.59 Å². The lowest BCUT2D eigenvalue weighted by Gasteiger charge is -2.32. The van der Waals surface area contributed by atoms with Crippen molar-refractivity contribution in [2.75, 3.05) is 44.6 Å². The number of para-hydroxylation sites is 1. The van der Waals surface area contributed by atoms with E-state index in [1.165, 1.54) is 30.9 Å². The summed E-state index contributed by atoms with van der Waals surface area (Å²) in [7, 11) is 4.93. The number of aryl methyl sites for hydroxylation is 4. The second kappa shape index (κ2) is 28.0. The molecule has 0 radical (unpaired) electrons. The largest absolute Gasteiger partial charge is 0.493 e. The van der Waals surface area contributed by atoms with Crippen molar-refractivity contribution >= 4 is 23.1 Å². The van der Waals surface area contributed by atoms with Gasteiger partial charge >= 0.3 is 0 Å². The number of nitrogens with one attached hydrogen (secondary N) is 1. The molecule has 0 unspecified atom stereocenters. The average Bonchev–Trinajstić information content (AvgIpc) is 3.33. The maximum Gasteiger partial charge on any atom is 0.258 e. The molecule has 5 aromatic rings. The third kappa shape index (κ3) is 17.0. The average molecular weight is 945 g/mol. The second-order valence-corrected chi connectivity index (χ2v) is 18.8. The van der Waals surface area contributed by atoms with Gasteiger partial charge in [0.1, 0.15) is 13.2 Å². The number of rotatable bonds is 23. The number of methoxy groups -OCH3 is 2. The summed E-state index contributed by atoms with van der Waals surface area (Å²) in [5.41, 5.74) is 10.2. The van der Waals surface area contributed by atoms with E-state index in [9.17, 15) is 9.59 Å². The number of carbonyl (C=O) groups is 2. The first-order valence-electron chi connectivity index (χ1n) is 25.0. The lowest BCUT2D eigenvalue weighted by Crippen LogP contribution is -2.32. The number of hydrogen-bond acceptors (Lipinski definition) is 8. The Hall–Kier alpha value is -5.80. The predicted molar refractivity (Wildman–Crippen MR) is 287 cm³/mol. The zero-order valence-electron chi connectivity index (χ0n) is 45.0. The first-order valence-corrected chi connectivity index (χ1v) is 25.0. The van der Waals surface area contributed by atoms with Crippen molar-refractivity contribution in [1.82, 2.24) is 0 Å². The molecule has 9 heteroatoms. The SMILES string of the molecule is CC.CCCC(C)(C)OCC(C)(C)Cc1cc(COc2cc(C)c(C(=O)N(CC)c3ccccc3CC)cc2OC)cc(COc2cc(NC)c(C(C)=O)cc2OC)c1.CCCc1ccccc1C. The zero-order chi connectivity index (χ0) is 51.3. The molecule has 0 atom stereocenters. The van der Waals surface area contributed by atoms with Crippen LogP contribution in [0.4, 0.5) is 11.4 Å². The Morgan fingerprint density at radius 3 is 1.72 bits per heavy atom. The first kappa shape index (κ1) is 57.5. The van der Waals surface area contributed by atoms with E-state index in [-0.39, 0.29) is 35.9 Å². The minimum atomic E-state index is -0.198. The fourth-order valence-corrected chi connectivity index (χ4v) is 8.40. The molecule has 0 aliphatic heterocycles. The minimum absolute atomic E-state index is 0.0695. The van der Waals surface area contributed by atoms with Gasteiger partial charge < -0.3 is 33.9 Å². The second-order valence-electron chi connectivity index (χ2n) is 18.8. The number of nitrogens with zero attached hydrogens (tertiary/aromatic N) is 1. The number of anilines is 2. The number of hydrogen-bond donors (Lipinski definition) is 1. The lowest BCUT2D eigenvalue weighted by molar-refractivity contribution is -0.0594. The quantitative estimate of drug-likeness (QED) is 0.0647. The minimum Gasteiger partial charge on any atom is -0.493 e. The Bertz CT molecular complexity index is 2400. The molecule has 376 valence electrons. The highest BCUT2D eigenvalue weighted by Gasteiger charge is 2.26. The fraction of sp³-hybridized carbons (Fsp3) is 0.467. The topological polar surface area (TPSA) is 95.6 Å². The van der Waals surface area contributed by atoms with E-state index in [1.807, 2.05) is 56.9 Å². The van der Waals surface area contributed by atoms with Crippen LogP contribution in [0.15, 0.2) is 91.0 Å². The van der Waals surface area contributed by atoms with Crippen LogP contribution in [0.1, 0.15) is 155 Å². The molecular weight excluding hydrogens is 861 g/mol. The van der Waals surface area contributed by atoms with Crippen molar-refractivity contribution < 1.29 is 33.3 Å². The van der Waals surface area contributed by atoms with Crippen LogP contribution < -0.4 is 29.2 Å². The molecule has 0 aliphatic rings. The van der Waals surface area contributed by atoms with Gasteiger partial charge in [0.05, 0.1) is 26.4 Å². The molecule has 0 spiro atoms. The van der Waals surface area contributed by atoms with E-state index < -0.39 is 0 Å². The van der Waals surface area contributed by atoms with Crippen molar-refractivity contribution in [3.63, 3.8) is 0 Å². The van der Waals surface area contributed by atoms with Crippen LogP contribution in [0.3, 0.4) is 0 Å². The van der Waals surface area contributed by atoms with Crippen LogP contribution in [0.2, 0.25) is 0 Å². The molecule has 0 aromatic heterocycles. The maximum atomic E-state index is 14.0. The van der Waals surface area contributed by atoms with Gasteiger partial charge in [-0.2, -0.15) is 0 Å². The summed E-state index contributed by atoms with van der Waals surface area (Å²) in [5, 5.41) is 3.10. The van der Waals surface area contributed by atoms with E-state index >= 15 is 0 Å². The number of ketones is 1. The summed E-state index contributed by atoms with van der Waals surface area (Å²) in [6.45, 7) is 28.5. The molecule has 0 fully saturated rings. The zero-order valence-corrected chi connectivity index (χ0v) is 45.0. The van der Waals surface area contributed by atoms with Gasteiger partial charge in [-0.1, -0.05) is 116 Å². The Balaban J connectivity index is 0.000000920. The van der Waals surface area contributed by atoms with Crippen molar-refractivity contribution in [3.05, 3.63) is 141 Å². The van der Waals surface area contributed by atoms with E-state index in [1.54, 1.807) is 39.5 Å². The smallest absolute Gasteiger partial charge is 0.258 e. The number of ether oxygens (including phenoxy) is 5. The Kier molecular flexibility index (Phi) is 23.3. The highest BCUT2D eigenvalue weighted by molar-refractivity contribution is 6.08. The molecule has 0 saturated heterocycles. The molecule has 5 aromatic carbocycles. The van der Waals surface area contributed by atoms with Crippen LogP contribution in [-0.2, 0) is 37.2 Å². The van der Waals surface area contributed by atoms with Gasteiger partial charge in [-0.05, 0) is 142 Å². The predicted octanol–water partition coefficient (Wildman–Crippen LogP) is 14.8. The highest BCUT2D eigenvalue weighted by Crippen LogP contribution is 2.36. The lowest BCUT2D eigenvalue weighted by atomic mass is 9.85. The van der Waals surface area contributed by atoms with Gasteiger partial charge in [0.15, 0.2) is 28.8 Å². The number of benzene rings is 5. The standard InChI is InChI=1S/C48H64N2O7.C10H14.C2H6/c1-13-20-48(8,9)57-31-47(6,7)28-34-22-35(24-36(23-34)30-56-45-27-40(49-10)39(33(5)51)26-43(45)54-12)29-55-44-21-32(4)38(25-42(44)53-11)46(52)50(15-3)41-19-17-16-18-37(41)14-2;1-3-6-10-8-5-4-7-9(10)2;1-2/h16-19,21-27,49H,13-15,20,28-31H2,1-12H3;4-5,7-8H,3,6H2,1-2H3;1-2H3. The number of Topliss-reactive ketones (excluding diaryl/α,β-unsaturated/α-hetero) is 1. The van der Waals surface area contributed by atoms with E-state index in [0.717, 1.165) is 59.2 Å². The van der Waals surface area contributed by atoms with E-state index in [4.69, 9.17) is 23.7 Å². The third-order valence-electron chi connectivity index (χ3n) is 12.0. The van der Waals surface area contributed by atoms with Gasteiger partial charge in [0, 0.05) is 42.2 Å². The summed E-state index contributed by atoms with van der Waals surface area (Å²) < 4.78 is 30.7. The first-order chi connectivity index (χ1) is 32.9. The van der Waals surface area contributed by atoms with E-state index in [0.29, 0.717) is 53.0 Å². The fourth-order valence-electron chi connectivity index (χ4n) is 8.40. The van der Waals surface area contributed by atoms with Crippen molar-refractivity contribution in [2.45, 2.75) is 147 Å². The summed E-state index contributed by atoms with van der Waals surface area (Å²) >= 11 is 0. The van der Waals surface area contributed by atoms with Gasteiger partial charge in [-0.25, -0.2) is 0 Å². The van der Waals surface area contributed by atoms with Crippen molar-refractivity contribution in [1.29, 1.82) is 0 Å². The van der Waals surface area contributed by atoms with E-state index in [2.05, 4.69) is 109 Å². The number of amides is 1. The summed E-state index contributed by atoms with van der Waals surface area (Å²) in [5.74, 6) is 1.88. The van der Waals surface area contributed by atoms with Crippen molar-refractivity contribution in [2.24, 2.45) is 5.41 Å². The summed E-state index contributed by atoms with van der Waals surface area (Å²) in [6.07, 6.45) is 6.10. The monoisotopic (exact) mass is 945 g/mol. The van der Waals surface area contributed by atoms with Crippen LogP contribution in [0, 0.1) is 19.3 Å².